The fraction of sp³-hybridized carbons (Fsp3) is 0.286. The van der Waals surface area contributed by atoms with Crippen molar-refractivity contribution in [1.82, 2.24) is 4.90 Å². The van der Waals surface area contributed by atoms with Crippen LogP contribution in [-0.2, 0) is 0 Å². The van der Waals surface area contributed by atoms with Gasteiger partial charge in [0.2, 0.25) is 0 Å². The molecule has 0 saturated carbocycles. The molecule has 0 aliphatic carbocycles. The summed E-state index contributed by atoms with van der Waals surface area (Å²) in [6, 6.07) is 17.2. The Bertz CT molecular complexity index is 1240. The minimum Gasteiger partial charge on any atom is -0.506 e. The first kappa shape index (κ1) is 23.6. The first-order valence-corrected chi connectivity index (χ1v) is 12.0. The van der Waals surface area contributed by atoms with Crippen LogP contribution in [0.3, 0.4) is 0 Å². The number of aromatic hydroxyl groups is 1. The minimum atomic E-state index is -0.457. The lowest BCUT2D eigenvalue weighted by atomic mass is 9.86. The van der Waals surface area contributed by atoms with Gasteiger partial charge < -0.3 is 14.6 Å². The molecule has 2 aliphatic heterocycles. The summed E-state index contributed by atoms with van der Waals surface area (Å²) in [4.78, 5) is 2.18. The van der Waals surface area contributed by atoms with E-state index in [1.807, 2.05) is 31.2 Å². The Balaban J connectivity index is 1.39. The first-order chi connectivity index (χ1) is 16.9. The van der Waals surface area contributed by atoms with Crippen molar-refractivity contribution in [1.29, 1.82) is 0 Å². The van der Waals surface area contributed by atoms with Crippen molar-refractivity contribution in [3.8, 4) is 17.2 Å². The third kappa shape index (κ3) is 4.86. The van der Waals surface area contributed by atoms with E-state index in [4.69, 9.17) is 21.1 Å². The van der Waals surface area contributed by atoms with Gasteiger partial charge in [0.1, 0.15) is 35.8 Å². The monoisotopic (exact) mass is 497 g/mol. The lowest BCUT2D eigenvalue weighted by Crippen LogP contribution is -2.49. The fourth-order valence-electron chi connectivity index (χ4n) is 4.68. The highest BCUT2D eigenvalue weighted by Gasteiger charge is 2.30. The quantitative estimate of drug-likeness (QED) is 0.403. The van der Waals surface area contributed by atoms with Gasteiger partial charge in [-0.2, -0.15) is 0 Å². The Hall–Kier alpha value is -3.09. The molecule has 0 bridgehead atoms. The van der Waals surface area contributed by atoms with Gasteiger partial charge in [0.25, 0.3) is 0 Å². The van der Waals surface area contributed by atoms with Crippen molar-refractivity contribution in [3.05, 3.63) is 88.2 Å². The maximum atomic E-state index is 13.6. The summed E-state index contributed by atoms with van der Waals surface area (Å²) < 4.78 is 38.5. The molecule has 1 atom stereocenters. The third-order valence-electron chi connectivity index (χ3n) is 6.63. The van der Waals surface area contributed by atoms with Gasteiger partial charge in [-0.3, -0.25) is 9.29 Å². The van der Waals surface area contributed by atoms with Crippen LogP contribution in [0.2, 0.25) is 5.02 Å². The third-order valence-corrected chi connectivity index (χ3v) is 6.93. The Morgan fingerprint density at radius 3 is 2.49 bits per heavy atom. The summed E-state index contributed by atoms with van der Waals surface area (Å²) in [7, 11) is 0. The number of halogens is 3. The van der Waals surface area contributed by atoms with E-state index in [0.717, 1.165) is 53.2 Å². The van der Waals surface area contributed by atoms with Crippen LogP contribution >= 0.6 is 11.6 Å². The van der Waals surface area contributed by atoms with Gasteiger partial charge in [-0.1, -0.05) is 35.9 Å². The van der Waals surface area contributed by atoms with E-state index in [9.17, 15) is 13.9 Å². The maximum absolute atomic E-state index is 13.6. The molecule has 0 aromatic heterocycles. The van der Waals surface area contributed by atoms with Crippen LogP contribution in [0.15, 0.2) is 60.7 Å². The van der Waals surface area contributed by atoms with E-state index in [1.54, 1.807) is 24.3 Å². The zero-order valence-electron chi connectivity index (χ0n) is 19.3. The second-order valence-corrected chi connectivity index (χ2v) is 9.45. The molecule has 1 saturated heterocycles. The lowest BCUT2D eigenvalue weighted by molar-refractivity contribution is 0.0668. The summed E-state index contributed by atoms with van der Waals surface area (Å²) in [5.41, 5.74) is 4.27. The average molecular weight is 498 g/mol. The number of alkyl halides is 1. The lowest BCUT2D eigenvalue weighted by Gasteiger charge is -2.37. The molecule has 3 aromatic rings. The number of rotatable bonds is 7. The number of likely N-dealkylation sites (tertiary alicyclic amines) is 1. The molecule has 0 radical (unpaired) electrons. The molecular formula is C28H26ClF2NO3. The number of phenolic OH excluding ortho intramolecular Hbond substituents is 1. The predicted octanol–water partition coefficient (Wildman–Crippen LogP) is 6.53. The standard InChI is InChI=1S/C28H26ClF2NO3/c1-17-23-12-25(33)24(29)13-26(23)35-28(27(17)19-2-6-21(31)7-3-19)20-4-8-22(9-5-20)34-11-10-32-15-18(14-30)16-32/h2-9,12-13,18,28,33H,10-11,14-16H2,1H3. The molecule has 0 amide bonds. The number of ether oxygens (including phenoxy) is 2. The molecule has 5 rings (SSSR count). The summed E-state index contributed by atoms with van der Waals surface area (Å²) >= 11 is 6.15. The SMILES string of the molecule is CC1=C(c2ccc(F)cc2)C(c2ccc(OCCN3CC(CF)C3)cc2)Oc2cc(Cl)c(O)cc21. The van der Waals surface area contributed by atoms with Crippen LogP contribution in [0, 0.1) is 11.7 Å². The normalized spacial score (nSPS) is 18.1. The second kappa shape index (κ2) is 9.88. The van der Waals surface area contributed by atoms with Gasteiger partial charge >= 0.3 is 0 Å². The number of hydrogen-bond acceptors (Lipinski definition) is 4. The highest BCUT2D eigenvalue weighted by atomic mass is 35.5. The van der Waals surface area contributed by atoms with E-state index in [2.05, 4.69) is 4.90 Å². The molecule has 182 valence electrons. The fourth-order valence-corrected chi connectivity index (χ4v) is 4.84. The molecule has 1 unspecified atom stereocenters. The average Bonchev–Trinajstić information content (AvgIpc) is 2.83. The molecule has 1 fully saturated rings. The number of hydrogen-bond donors (Lipinski definition) is 1. The van der Waals surface area contributed by atoms with Crippen molar-refractivity contribution >= 4 is 22.7 Å². The summed E-state index contributed by atoms with van der Waals surface area (Å²) in [5, 5.41) is 10.4. The Morgan fingerprint density at radius 1 is 1.09 bits per heavy atom. The van der Waals surface area contributed by atoms with E-state index in [0.29, 0.717) is 12.4 Å². The van der Waals surface area contributed by atoms with E-state index >= 15 is 0 Å². The van der Waals surface area contributed by atoms with Crippen LogP contribution in [0.4, 0.5) is 8.78 Å². The Labute approximate surface area is 208 Å². The smallest absolute Gasteiger partial charge is 0.150 e. The highest BCUT2D eigenvalue weighted by molar-refractivity contribution is 6.32. The topological polar surface area (TPSA) is 41.9 Å². The molecule has 2 aliphatic rings. The van der Waals surface area contributed by atoms with Gasteiger partial charge in [0.15, 0.2) is 0 Å². The molecule has 7 heteroatoms. The van der Waals surface area contributed by atoms with Crippen LogP contribution in [0.1, 0.15) is 29.7 Å². The Kier molecular flexibility index (Phi) is 6.67. The summed E-state index contributed by atoms with van der Waals surface area (Å²) in [6.45, 7) is 4.59. The van der Waals surface area contributed by atoms with E-state index in [1.165, 1.54) is 12.1 Å². The summed E-state index contributed by atoms with van der Waals surface area (Å²) in [5.74, 6) is 1.14. The van der Waals surface area contributed by atoms with Gasteiger partial charge in [-0.05, 0) is 54.0 Å². The van der Waals surface area contributed by atoms with Crippen molar-refractivity contribution in [2.45, 2.75) is 13.0 Å². The van der Waals surface area contributed by atoms with Crippen molar-refractivity contribution in [3.63, 3.8) is 0 Å². The molecule has 2 heterocycles. The van der Waals surface area contributed by atoms with Gasteiger partial charge in [-0.25, -0.2) is 4.39 Å². The number of allylic oxidation sites excluding steroid dienone is 1. The van der Waals surface area contributed by atoms with Crippen molar-refractivity contribution in [2.24, 2.45) is 5.92 Å². The number of fused-ring (bicyclic) bond motifs is 1. The van der Waals surface area contributed by atoms with Gasteiger partial charge in [-0.15, -0.1) is 0 Å². The van der Waals surface area contributed by atoms with Gasteiger partial charge in [0, 0.05) is 42.8 Å². The highest BCUT2D eigenvalue weighted by Crippen LogP contribution is 2.48. The largest absolute Gasteiger partial charge is 0.506 e. The zero-order valence-corrected chi connectivity index (χ0v) is 20.1. The van der Waals surface area contributed by atoms with E-state index in [-0.39, 0.29) is 29.2 Å². The Morgan fingerprint density at radius 2 is 1.80 bits per heavy atom. The van der Waals surface area contributed by atoms with Gasteiger partial charge in [0.05, 0.1) is 11.7 Å². The van der Waals surface area contributed by atoms with Crippen LogP contribution < -0.4 is 9.47 Å². The number of phenols is 1. The van der Waals surface area contributed by atoms with Crippen LogP contribution in [0.5, 0.6) is 17.2 Å². The zero-order chi connectivity index (χ0) is 24.5. The minimum absolute atomic E-state index is 0.0229. The summed E-state index contributed by atoms with van der Waals surface area (Å²) in [6.07, 6.45) is -0.457. The molecule has 4 nitrogen and oxygen atoms in total. The maximum Gasteiger partial charge on any atom is 0.150 e. The predicted molar refractivity (Wildman–Crippen MR) is 133 cm³/mol. The molecule has 1 N–H and O–H groups in total. The number of nitrogens with zero attached hydrogens (tertiary/aromatic N) is 1. The number of benzene rings is 3. The molecule has 35 heavy (non-hydrogen) atoms. The molecule has 0 spiro atoms. The first-order valence-electron chi connectivity index (χ1n) is 11.6. The van der Waals surface area contributed by atoms with Crippen LogP contribution in [-0.4, -0.2) is 42.9 Å². The molecule has 3 aromatic carbocycles. The molecular weight excluding hydrogens is 472 g/mol. The van der Waals surface area contributed by atoms with Crippen molar-refractivity contribution < 1.29 is 23.4 Å². The van der Waals surface area contributed by atoms with Crippen LogP contribution in [0.25, 0.3) is 11.1 Å². The second-order valence-electron chi connectivity index (χ2n) is 9.04. The van der Waals surface area contributed by atoms with E-state index < -0.39 is 6.10 Å². The van der Waals surface area contributed by atoms with Crippen molar-refractivity contribution in [2.75, 3.05) is 32.9 Å².